The van der Waals surface area contributed by atoms with E-state index < -0.39 is 0 Å². The van der Waals surface area contributed by atoms with Crippen molar-refractivity contribution in [1.29, 1.82) is 0 Å². The van der Waals surface area contributed by atoms with Crippen LogP contribution in [0.5, 0.6) is 11.5 Å². The lowest BCUT2D eigenvalue weighted by Gasteiger charge is -2.11. The summed E-state index contributed by atoms with van der Waals surface area (Å²) in [5, 5.41) is 21.7. The third-order valence-corrected chi connectivity index (χ3v) is 2.40. The Bertz CT molecular complexity index is 342. The number of hydrogen-bond acceptors (Lipinski definition) is 4. The van der Waals surface area contributed by atoms with Crippen LogP contribution in [0.15, 0.2) is 17.0 Å². The lowest BCUT2D eigenvalue weighted by Crippen LogP contribution is -2.20. The Hall–Kier alpha value is -1.07. The molecule has 0 fully saturated rings. The Labute approximate surface area is 94.9 Å². The van der Waals surface area contributed by atoms with Crippen LogP contribution >= 0.6 is 0 Å². The van der Waals surface area contributed by atoms with Crippen molar-refractivity contribution in [2.75, 3.05) is 32.5 Å². The molecule has 1 aromatic carbocycles. The summed E-state index contributed by atoms with van der Waals surface area (Å²) in [6.45, 7) is 1.67. The second kappa shape index (κ2) is 5.14. The molecule has 3 N–H and O–H groups in total. The van der Waals surface area contributed by atoms with Gasteiger partial charge in [-0.15, -0.1) is 0 Å². The molecule has 1 rings (SSSR count). The molecule has 0 saturated carbocycles. The number of nitrogens with zero attached hydrogens (tertiary/aromatic N) is 1. The highest BCUT2D eigenvalue weighted by Gasteiger charge is 2.09. The zero-order valence-electron chi connectivity index (χ0n) is 8.91. The van der Waals surface area contributed by atoms with Gasteiger partial charge >= 0.3 is 0 Å². The van der Waals surface area contributed by atoms with E-state index in [-0.39, 0.29) is 11.5 Å². The van der Waals surface area contributed by atoms with Crippen LogP contribution < -0.4 is 5.32 Å². The topological polar surface area (TPSA) is 55.7 Å². The zero-order valence-corrected chi connectivity index (χ0v) is 9.91. The number of aromatic hydroxyl groups is 2. The first-order valence-electron chi connectivity index (χ1n) is 4.67. The molecule has 0 radical (unpaired) electrons. The fourth-order valence-corrected chi connectivity index (χ4v) is 1.43. The van der Waals surface area contributed by atoms with Crippen LogP contribution in [0.25, 0.3) is 0 Å². The Morgan fingerprint density at radius 1 is 1.27 bits per heavy atom. The number of nitrogens with one attached hydrogen (secondary N) is 1. The summed E-state index contributed by atoms with van der Waals surface area (Å²) >= 11 is 3.35. The first-order valence-corrected chi connectivity index (χ1v) is 5.17. The maximum atomic E-state index is 9.31. The Kier molecular flexibility index (Phi) is 4.11. The SMILES string of the molecule is CN(C)CCNc1cc(O)c(O)cc1[SH2+]. The summed E-state index contributed by atoms with van der Waals surface area (Å²) in [5.41, 5.74) is 0.767. The van der Waals surface area contributed by atoms with Crippen molar-refractivity contribution in [2.45, 2.75) is 4.90 Å². The van der Waals surface area contributed by atoms with Gasteiger partial charge in [0.15, 0.2) is 16.4 Å². The van der Waals surface area contributed by atoms with Crippen molar-refractivity contribution >= 4 is 18.3 Å². The molecule has 0 atom stereocenters. The van der Waals surface area contributed by atoms with Gasteiger partial charge in [-0.2, -0.15) is 0 Å². The third kappa shape index (κ3) is 3.53. The monoisotopic (exact) mass is 229 g/mol. The predicted molar refractivity (Wildman–Crippen MR) is 65.2 cm³/mol. The number of likely N-dealkylation sites (N-methyl/N-ethyl adjacent to an activating group) is 1. The lowest BCUT2D eigenvalue weighted by molar-refractivity contribution is 0.402. The molecule has 0 heterocycles. The number of rotatable bonds is 4. The minimum Gasteiger partial charge on any atom is -0.504 e. The Morgan fingerprint density at radius 2 is 1.87 bits per heavy atom. The van der Waals surface area contributed by atoms with Gasteiger partial charge in [0.1, 0.15) is 0 Å². The highest BCUT2D eigenvalue weighted by atomic mass is 32.1. The molecular weight excluding hydrogens is 212 g/mol. The van der Waals surface area contributed by atoms with Gasteiger partial charge in [0.05, 0.1) is 5.69 Å². The van der Waals surface area contributed by atoms with Gasteiger partial charge in [0.2, 0.25) is 0 Å². The van der Waals surface area contributed by atoms with Gasteiger partial charge in [0.25, 0.3) is 0 Å². The summed E-state index contributed by atoms with van der Waals surface area (Å²) in [4.78, 5) is 2.78. The second-order valence-electron chi connectivity index (χ2n) is 3.62. The molecule has 0 aliphatic rings. The van der Waals surface area contributed by atoms with E-state index in [0.29, 0.717) is 0 Å². The quantitative estimate of drug-likeness (QED) is 0.398. The van der Waals surface area contributed by atoms with E-state index in [9.17, 15) is 10.2 Å². The Morgan fingerprint density at radius 3 is 2.47 bits per heavy atom. The van der Waals surface area contributed by atoms with E-state index in [4.69, 9.17) is 0 Å². The van der Waals surface area contributed by atoms with Crippen LogP contribution in [0.1, 0.15) is 0 Å². The largest absolute Gasteiger partial charge is 0.504 e. The van der Waals surface area contributed by atoms with Crippen LogP contribution in [0.2, 0.25) is 0 Å². The second-order valence-corrected chi connectivity index (χ2v) is 4.16. The minimum atomic E-state index is -0.127. The molecule has 0 saturated heterocycles. The standard InChI is InChI=1S/C10H16N2O2S/c1-12(2)4-3-11-7-5-8(13)9(14)6-10(7)15/h5-6,11,13-15H,3-4H2,1-2H3/p+1. The van der Waals surface area contributed by atoms with Gasteiger partial charge < -0.3 is 20.4 Å². The smallest absolute Gasteiger partial charge is 0.177 e. The first kappa shape index (κ1) is 12.0. The van der Waals surface area contributed by atoms with E-state index in [1.165, 1.54) is 12.1 Å². The molecule has 0 amide bonds. The van der Waals surface area contributed by atoms with Crippen molar-refractivity contribution in [2.24, 2.45) is 0 Å². The van der Waals surface area contributed by atoms with Crippen molar-refractivity contribution in [3.05, 3.63) is 12.1 Å². The lowest BCUT2D eigenvalue weighted by atomic mass is 10.2. The normalized spacial score (nSPS) is 10.7. The van der Waals surface area contributed by atoms with Crippen LogP contribution in [0.3, 0.4) is 0 Å². The maximum absolute atomic E-state index is 9.31. The highest BCUT2D eigenvalue weighted by molar-refractivity contribution is 7.59. The predicted octanol–water partition coefficient (Wildman–Crippen LogP) is 0.442. The summed E-state index contributed by atoms with van der Waals surface area (Å²) in [5.74, 6) is -0.248. The molecule has 1 aromatic rings. The first-order chi connectivity index (χ1) is 7.00. The minimum absolute atomic E-state index is 0.121. The molecule has 0 unspecified atom stereocenters. The number of hydrogen-bond donors (Lipinski definition) is 3. The number of phenols is 2. The van der Waals surface area contributed by atoms with E-state index in [1.807, 2.05) is 14.1 Å². The molecule has 0 aliphatic carbocycles. The fourth-order valence-electron chi connectivity index (χ4n) is 1.14. The average Bonchev–Trinajstić information content (AvgIpc) is 2.13. The molecule has 84 valence electrons. The molecule has 0 bridgehead atoms. The van der Waals surface area contributed by atoms with E-state index >= 15 is 0 Å². The summed E-state index contributed by atoms with van der Waals surface area (Å²) in [6.07, 6.45) is 0. The van der Waals surface area contributed by atoms with Crippen LogP contribution in [0.4, 0.5) is 5.69 Å². The van der Waals surface area contributed by atoms with Crippen molar-refractivity contribution < 1.29 is 10.2 Å². The third-order valence-electron chi connectivity index (χ3n) is 1.99. The maximum Gasteiger partial charge on any atom is 0.177 e. The molecule has 0 aliphatic heterocycles. The summed E-state index contributed by atoms with van der Waals surface area (Å²) in [7, 11) is 3.98. The number of anilines is 1. The van der Waals surface area contributed by atoms with E-state index in [2.05, 4.69) is 22.8 Å². The van der Waals surface area contributed by atoms with Gasteiger partial charge in [0, 0.05) is 25.2 Å². The molecule has 5 heteroatoms. The Balaban J connectivity index is 2.65. The van der Waals surface area contributed by atoms with Crippen molar-refractivity contribution in [3.8, 4) is 11.5 Å². The van der Waals surface area contributed by atoms with Crippen molar-refractivity contribution in [3.63, 3.8) is 0 Å². The van der Waals surface area contributed by atoms with Gasteiger partial charge in [-0.25, -0.2) is 0 Å². The molecule has 0 spiro atoms. The van der Waals surface area contributed by atoms with Gasteiger partial charge in [-0.05, 0) is 26.7 Å². The number of phenolic OH excluding ortho intramolecular Hbond substituents is 2. The zero-order chi connectivity index (χ0) is 11.4. The van der Waals surface area contributed by atoms with Crippen LogP contribution in [-0.2, 0) is 12.6 Å². The molecule has 15 heavy (non-hydrogen) atoms. The fraction of sp³-hybridized carbons (Fsp3) is 0.400. The highest BCUT2D eigenvalue weighted by Crippen LogP contribution is 2.31. The summed E-state index contributed by atoms with van der Waals surface area (Å²) < 4.78 is 0. The van der Waals surface area contributed by atoms with Gasteiger partial charge in [-0.3, -0.25) is 0 Å². The van der Waals surface area contributed by atoms with E-state index in [0.717, 1.165) is 23.7 Å². The van der Waals surface area contributed by atoms with Gasteiger partial charge in [-0.1, -0.05) is 0 Å². The van der Waals surface area contributed by atoms with Crippen LogP contribution in [0, 0.1) is 0 Å². The average molecular weight is 229 g/mol. The van der Waals surface area contributed by atoms with Crippen LogP contribution in [-0.4, -0.2) is 42.3 Å². The molecule has 0 aromatic heterocycles. The number of benzene rings is 1. The molecule has 4 nitrogen and oxygen atoms in total. The van der Waals surface area contributed by atoms with Crippen molar-refractivity contribution in [1.82, 2.24) is 4.90 Å². The summed E-state index contributed by atoms with van der Waals surface area (Å²) in [6, 6.07) is 2.96. The molecular formula is C10H17N2O2S+. The van der Waals surface area contributed by atoms with E-state index in [1.54, 1.807) is 0 Å².